The lowest BCUT2D eigenvalue weighted by atomic mass is 10.0. The van der Waals surface area contributed by atoms with Crippen LogP contribution in [0.5, 0.6) is 11.5 Å². The number of benzene rings is 1. The van der Waals surface area contributed by atoms with Crippen LogP contribution in [0.2, 0.25) is 0 Å². The quantitative estimate of drug-likeness (QED) is 0.901. The summed E-state index contributed by atoms with van der Waals surface area (Å²) in [6.45, 7) is 4.96. The van der Waals surface area contributed by atoms with Crippen molar-refractivity contribution in [1.29, 1.82) is 0 Å². The molecule has 1 amide bonds. The number of amides is 1. The van der Waals surface area contributed by atoms with Crippen molar-refractivity contribution in [2.24, 2.45) is 11.7 Å². The van der Waals surface area contributed by atoms with Gasteiger partial charge in [-0.2, -0.15) is 0 Å². The predicted octanol–water partition coefficient (Wildman–Crippen LogP) is 1.80. The fourth-order valence-electron chi connectivity index (χ4n) is 2.65. The summed E-state index contributed by atoms with van der Waals surface area (Å²) in [5.74, 6) is 1.68. The average molecular weight is 304 g/mol. The monoisotopic (exact) mass is 304 g/mol. The standard InChI is InChI=1S/C17H24N2O3/c1-11(2)16(18)17(20)19(12-7-8-12)9-13-10-21-14-5-3-4-6-15(14)22-13/h3-6,11-13,16H,7-10,18H2,1-2H3/t13?,16-/m0/s1. The molecule has 1 fully saturated rings. The molecule has 0 radical (unpaired) electrons. The van der Waals surface area contributed by atoms with Crippen molar-refractivity contribution in [2.75, 3.05) is 13.2 Å². The maximum absolute atomic E-state index is 12.6. The van der Waals surface area contributed by atoms with Crippen LogP contribution in [-0.2, 0) is 4.79 Å². The third-order valence-corrected chi connectivity index (χ3v) is 4.24. The van der Waals surface area contributed by atoms with Crippen molar-refractivity contribution >= 4 is 5.91 Å². The highest BCUT2D eigenvalue weighted by Gasteiger charge is 2.38. The molecule has 0 bridgehead atoms. The van der Waals surface area contributed by atoms with Gasteiger partial charge in [0.05, 0.1) is 12.6 Å². The Kier molecular flexibility index (Phi) is 4.25. The molecule has 22 heavy (non-hydrogen) atoms. The van der Waals surface area contributed by atoms with E-state index in [1.165, 1.54) is 0 Å². The zero-order valence-corrected chi connectivity index (χ0v) is 13.2. The fourth-order valence-corrected chi connectivity index (χ4v) is 2.65. The molecule has 1 aromatic rings. The van der Waals surface area contributed by atoms with Crippen LogP contribution in [0.1, 0.15) is 26.7 Å². The number of carbonyl (C=O) groups is 1. The van der Waals surface area contributed by atoms with Crippen molar-refractivity contribution < 1.29 is 14.3 Å². The summed E-state index contributed by atoms with van der Waals surface area (Å²) >= 11 is 0. The van der Waals surface area contributed by atoms with E-state index in [2.05, 4.69) is 0 Å². The minimum atomic E-state index is -0.447. The molecule has 3 rings (SSSR count). The second kappa shape index (κ2) is 6.16. The van der Waals surface area contributed by atoms with Gasteiger partial charge in [-0.15, -0.1) is 0 Å². The average Bonchev–Trinajstić information content (AvgIpc) is 3.35. The van der Waals surface area contributed by atoms with Gasteiger partial charge in [-0.1, -0.05) is 26.0 Å². The summed E-state index contributed by atoms with van der Waals surface area (Å²) in [6, 6.07) is 7.50. The van der Waals surface area contributed by atoms with E-state index in [0.717, 1.165) is 24.3 Å². The van der Waals surface area contributed by atoms with Crippen molar-refractivity contribution in [3.8, 4) is 11.5 Å². The molecular weight excluding hydrogens is 280 g/mol. The van der Waals surface area contributed by atoms with Crippen LogP contribution in [0.15, 0.2) is 24.3 Å². The molecule has 1 aliphatic heterocycles. The lowest BCUT2D eigenvalue weighted by Gasteiger charge is -2.33. The number of ether oxygens (including phenoxy) is 2. The molecule has 2 atom stereocenters. The molecule has 1 heterocycles. The first-order chi connectivity index (χ1) is 10.6. The molecule has 1 aliphatic carbocycles. The summed E-state index contributed by atoms with van der Waals surface area (Å²) in [5, 5.41) is 0. The molecule has 5 nitrogen and oxygen atoms in total. The molecule has 2 N–H and O–H groups in total. The fraction of sp³-hybridized carbons (Fsp3) is 0.588. The molecular formula is C17H24N2O3. The van der Waals surface area contributed by atoms with Gasteiger partial charge in [0.2, 0.25) is 5.91 Å². The van der Waals surface area contributed by atoms with Gasteiger partial charge in [-0.3, -0.25) is 4.79 Å². The van der Waals surface area contributed by atoms with Crippen LogP contribution in [0.4, 0.5) is 0 Å². The Balaban J connectivity index is 1.66. The number of carbonyl (C=O) groups excluding carboxylic acids is 1. The summed E-state index contributed by atoms with van der Waals surface area (Å²) in [4.78, 5) is 14.5. The van der Waals surface area contributed by atoms with Crippen molar-refractivity contribution in [3.63, 3.8) is 0 Å². The summed E-state index contributed by atoms with van der Waals surface area (Å²) in [7, 11) is 0. The maximum Gasteiger partial charge on any atom is 0.240 e. The highest BCUT2D eigenvalue weighted by atomic mass is 16.6. The molecule has 1 unspecified atom stereocenters. The second-order valence-electron chi connectivity index (χ2n) is 6.49. The predicted molar refractivity (Wildman–Crippen MR) is 83.9 cm³/mol. The third kappa shape index (κ3) is 3.19. The minimum Gasteiger partial charge on any atom is -0.486 e. The normalized spacial score (nSPS) is 21.5. The van der Waals surface area contributed by atoms with Gasteiger partial charge in [0.25, 0.3) is 0 Å². The number of hydrogen-bond acceptors (Lipinski definition) is 4. The van der Waals surface area contributed by atoms with Crippen molar-refractivity contribution in [3.05, 3.63) is 24.3 Å². The zero-order valence-electron chi connectivity index (χ0n) is 13.2. The van der Waals surface area contributed by atoms with Gasteiger partial charge >= 0.3 is 0 Å². The molecule has 0 aromatic heterocycles. The molecule has 1 aromatic carbocycles. The van der Waals surface area contributed by atoms with E-state index < -0.39 is 6.04 Å². The second-order valence-corrected chi connectivity index (χ2v) is 6.49. The van der Waals surface area contributed by atoms with Gasteiger partial charge in [-0.05, 0) is 30.9 Å². The van der Waals surface area contributed by atoms with Crippen LogP contribution < -0.4 is 15.2 Å². The van der Waals surface area contributed by atoms with Crippen molar-refractivity contribution in [2.45, 2.75) is 44.9 Å². The summed E-state index contributed by atoms with van der Waals surface area (Å²) in [5.41, 5.74) is 6.04. The van der Waals surface area contributed by atoms with E-state index in [1.54, 1.807) is 0 Å². The maximum atomic E-state index is 12.6. The van der Waals surface area contributed by atoms with Gasteiger partial charge < -0.3 is 20.1 Å². The number of hydrogen-bond donors (Lipinski definition) is 1. The first-order valence-electron chi connectivity index (χ1n) is 8.01. The Morgan fingerprint density at radius 3 is 2.64 bits per heavy atom. The van der Waals surface area contributed by atoms with Gasteiger partial charge in [0.1, 0.15) is 6.61 Å². The number of nitrogens with zero attached hydrogens (tertiary/aromatic N) is 1. The van der Waals surface area contributed by atoms with E-state index in [0.29, 0.717) is 19.2 Å². The van der Waals surface area contributed by atoms with E-state index in [1.807, 2.05) is 43.0 Å². The first-order valence-corrected chi connectivity index (χ1v) is 8.01. The molecule has 5 heteroatoms. The van der Waals surface area contributed by atoms with E-state index in [9.17, 15) is 4.79 Å². The van der Waals surface area contributed by atoms with Gasteiger partial charge in [0.15, 0.2) is 17.6 Å². The SMILES string of the molecule is CC(C)[C@H](N)C(=O)N(CC1COc2ccccc2O1)C1CC1. The van der Waals surface area contributed by atoms with E-state index in [-0.39, 0.29) is 17.9 Å². The van der Waals surface area contributed by atoms with Crippen LogP contribution in [0.3, 0.4) is 0 Å². The third-order valence-electron chi connectivity index (χ3n) is 4.24. The smallest absolute Gasteiger partial charge is 0.240 e. The zero-order chi connectivity index (χ0) is 15.7. The largest absolute Gasteiger partial charge is 0.486 e. The number of nitrogens with two attached hydrogens (primary N) is 1. The van der Waals surface area contributed by atoms with Crippen molar-refractivity contribution in [1.82, 2.24) is 4.90 Å². The van der Waals surface area contributed by atoms with Gasteiger partial charge in [-0.25, -0.2) is 0 Å². The molecule has 120 valence electrons. The Bertz CT molecular complexity index is 542. The Morgan fingerprint density at radius 1 is 1.32 bits per heavy atom. The Hall–Kier alpha value is -1.75. The molecule has 1 saturated carbocycles. The van der Waals surface area contributed by atoms with Crippen LogP contribution >= 0.6 is 0 Å². The first kappa shape index (κ1) is 15.2. The van der Waals surface area contributed by atoms with Crippen LogP contribution in [-0.4, -0.2) is 42.1 Å². The Morgan fingerprint density at radius 2 is 2.00 bits per heavy atom. The highest BCUT2D eigenvalue weighted by Crippen LogP contribution is 2.33. The number of fused-ring (bicyclic) bond motifs is 1. The molecule has 2 aliphatic rings. The van der Waals surface area contributed by atoms with Crippen LogP contribution in [0, 0.1) is 5.92 Å². The topological polar surface area (TPSA) is 64.8 Å². The molecule has 0 spiro atoms. The summed E-state index contributed by atoms with van der Waals surface area (Å²) < 4.78 is 11.7. The van der Waals surface area contributed by atoms with E-state index in [4.69, 9.17) is 15.2 Å². The summed E-state index contributed by atoms with van der Waals surface area (Å²) in [6.07, 6.45) is 1.97. The Labute approximate surface area is 131 Å². The molecule has 0 saturated heterocycles. The van der Waals surface area contributed by atoms with Crippen LogP contribution in [0.25, 0.3) is 0 Å². The van der Waals surface area contributed by atoms with E-state index >= 15 is 0 Å². The highest BCUT2D eigenvalue weighted by molar-refractivity contribution is 5.82. The lowest BCUT2D eigenvalue weighted by molar-refractivity contribution is -0.135. The number of para-hydroxylation sites is 2. The lowest BCUT2D eigenvalue weighted by Crippen LogP contribution is -2.51. The van der Waals surface area contributed by atoms with Gasteiger partial charge in [0, 0.05) is 6.04 Å². The minimum absolute atomic E-state index is 0.0277. The number of rotatable bonds is 5.